The molecule has 0 fully saturated rings. The highest BCUT2D eigenvalue weighted by Crippen LogP contribution is 2.03. The standard InChI is InChI=1S/C11H20O2/c1-3-5-6-8-11(13)9-10(12)7-4-2/h3-9H2,1-2H3. The van der Waals surface area contributed by atoms with Crippen molar-refractivity contribution in [2.45, 2.75) is 58.8 Å². The molecule has 0 atom stereocenters. The van der Waals surface area contributed by atoms with Crippen molar-refractivity contribution in [2.75, 3.05) is 0 Å². The molecule has 0 rings (SSSR count). The van der Waals surface area contributed by atoms with Gasteiger partial charge >= 0.3 is 0 Å². The molecule has 0 aromatic rings. The summed E-state index contributed by atoms with van der Waals surface area (Å²) in [6, 6.07) is 0. The highest BCUT2D eigenvalue weighted by atomic mass is 16.1. The molecule has 0 aromatic heterocycles. The second-order valence-corrected chi connectivity index (χ2v) is 3.46. The van der Waals surface area contributed by atoms with Crippen LogP contribution in [0.15, 0.2) is 0 Å². The van der Waals surface area contributed by atoms with E-state index in [2.05, 4.69) is 6.92 Å². The van der Waals surface area contributed by atoms with Crippen LogP contribution in [0.5, 0.6) is 0 Å². The van der Waals surface area contributed by atoms with Crippen molar-refractivity contribution in [1.29, 1.82) is 0 Å². The molecule has 0 aromatic carbocycles. The average Bonchev–Trinajstić information content (AvgIpc) is 2.05. The van der Waals surface area contributed by atoms with E-state index in [1.165, 1.54) is 0 Å². The van der Waals surface area contributed by atoms with Crippen molar-refractivity contribution < 1.29 is 9.59 Å². The minimum Gasteiger partial charge on any atom is -0.299 e. The highest BCUT2D eigenvalue weighted by molar-refractivity contribution is 5.98. The monoisotopic (exact) mass is 184 g/mol. The first-order valence-corrected chi connectivity index (χ1v) is 5.24. The Hall–Kier alpha value is -0.660. The van der Waals surface area contributed by atoms with Gasteiger partial charge in [0.15, 0.2) is 0 Å². The molecule has 0 heterocycles. The summed E-state index contributed by atoms with van der Waals surface area (Å²) in [5.74, 6) is 0.218. The van der Waals surface area contributed by atoms with Crippen molar-refractivity contribution >= 4 is 11.6 Å². The van der Waals surface area contributed by atoms with Gasteiger partial charge in [-0.05, 0) is 12.8 Å². The molecule has 76 valence electrons. The lowest BCUT2D eigenvalue weighted by atomic mass is 10.1. The Morgan fingerprint density at radius 1 is 0.846 bits per heavy atom. The summed E-state index contributed by atoms with van der Waals surface area (Å²) in [6.45, 7) is 4.06. The largest absolute Gasteiger partial charge is 0.299 e. The van der Waals surface area contributed by atoms with Crippen LogP contribution in [0.1, 0.15) is 58.8 Å². The van der Waals surface area contributed by atoms with Crippen LogP contribution in [0, 0.1) is 0 Å². The molecule has 0 spiro atoms. The number of ketones is 2. The average molecular weight is 184 g/mol. The van der Waals surface area contributed by atoms with E-state index in [-0.39, 0.29) is 18.0 Å². The smallest absolute Gasteiger partial charge is 0.140 e. The zero-order valence-electron chi connectivity index (χ0n) is 8.77. The van der Waals surface area contributed by atoms with Crippen LogP contribution in [0.4, 0.5) is 0 Å². The van der Waals surface area contributed by atoms with E-state index in [9.17, 15) is 9.59 Å². The Morgan fingerprint density at radius 2 is 1.46 bits per heavy atom. The Bertz CT molecular complexity index is 161. The van der Waals surface area contributed by atoms with Crippen LogP contribution in [0.25, 0.3) is 0 Å². The predicted octanol–water partition coefficient (Wildman–Crippen LogP) is 2.90. The molecule has 0 saturated heterocycles. The number of unbranched alkanes of at least 4 members (excludes halogenated alkanes) is 2. The van der Waals surface area contributed by atoms with Gasteiger partial charge in [0.05, 0.1) is 6.42 Å². The highest BCUT2D eigenvalue weighted by Gasteiger charge is 2.07. The summed E-state index contributed by atoms with van der Waals surface area (Å²) in [5.41, 5.74) is 0. The van der Waals surface area contributed by atoms with Crippen LogP contribution in [0.2, 0.25) is 0 Å². The lowest BCUT2D eigenvalue weighted by molar-refractivity contribution is -0.127. The number of hydrogen-bond donors (Lipinski definition) is 0. The van der Waals surface area contributed by atoms with Gasteiger partial charge in [0.2, 0.25) is 0 Å². The van der Waals surface area contributed by atoms with Gasteiger partial charge in [0.25, 0.3) is 0 Å². The molecule has 0 unspecified atom stereocenters. The van der Waals surface area contributed by atoms with Crippen LogP contribution < -0.4 is 0 Å². The van der Waals surface area contributed by atoms with E-state index in [1.54, 1.807) is 0 Å². The van der Waals surface area contributed by atoms with Crippen LogP contribution >= 0.6 is 0 Å². The van der Waals surface area contributed by atoms with E-state index >= 15 is 0 Å². The zero-order chi connectivity index (χ0) is 10.1. The second kappa shape index (κ2) is 7.96. The van der Waals surface area contributed by atoms with E-state index in [4.69, 9.17) is 0 Å². The molecule has 0 bridgehead atoms. The van der Waals surface area contributed by atoms with Crippen molar-refractivity contribution in [1.82, 2.24) is 0 Å². The fraction of sp³-hybridized carbons (Fsp3) is 0.818. The molecule has 0 amide bonds. The third kappa shape index (κ3) is 7.69. The van der Waals surface area contributed by atoms with Gasteiger partial charge in [-0.15, -0.1) is 0 Å². The Labute approximate surface area is 80.7 Å². The maximum atomic E-state index is 11.2. The summed E-state index contributed by atoms with van der Waals surface area (Å²) in [4.78, 5) is 22.2. The summed E-state index contributed by atoms with van der Waals surface area (Å²) >= 11 is 0. The summed E-state index contributed by atoms with van der Waals surface area (Å²) in [7, 11) is 0. The Morgan fingerprint density at radius 3 is 2.00 bits per heavy atom. The van der Waals surface area contributed by atoms with E-state index < -0.39 is 0 Å². The Kier molecular flexibility index (Phi) is 7.56. The zero-order valence-corrected chi connectivity index (χ0v) is 8.77. The van der Waals surface area contributed by atoms with Crippen LogP contribution in [-0.2, 0) is 9.59 Å². The molecule has 2 heteroatoms. The van der Waals surface area contributed by atoms with Gasteiger partial charge in [-0.1, -0.05) is 26.7 Å². The minimum absolute atomic E-state index is 0.101. The second-order valence-electron chi connectivity index (χ2n) is 3.46. The Balaban J connectivity index is 3.44. The van der Waals surface area contributed by atoms with Gasteiger partial charge in [-0.3, -0.25) is 9.59 Å². The van der Waals surface area contributed by atoms with Crippen LogP contribution in [-0.4, -0.2) is 11.6 Å². The molecular formula is C11H20O2. The number of hydrogen-bond acceptors (Lipinski definition) is 2. The number of carbonyl (C=O) groups excluding carboxylic acids is 2. The first-order chi connectivity index (χ1) is 6.20. The molecule has 0 N–H and O–H groups in total. The first kappa shape index (κ1) is 12.3. The summed E-state index contributed by atoms with van der Waals surface area (Å²) in [6.07, 6.45) is 5.31. The fourth-order valence-corrected chi connectivity index (χ4v) is 1.25. The predicted molar refractivity (Wildman–Crippen MR) is 53.7 cm³/mol. The summed E-state index contributed by atoms with van der Waals surface area (Å²) < 4.78 is 0. The van der Waals surface area contributed by atoms with Crippen molar-refractivity contribution in [3.8, 4) is 0 Å². The fourth-order valence-electron chi connectivity index (χ4n) is 1.25. The number of rotatable bonds is 8. The molecule has 2 nitrogen and oxygen atoms in total. The number of Topliss-reactive ketones (excluding diaryl/α,β-unsaturated/α-hetero) is 2. The lowest BCUT2D eigenvalue weighted by Crippen LogP contribution is -2.06. The SMILES string of the molecule is CCCCCC(=O)CC(=O)CCC. The van der Waals surface area contributed by atoms with Gasteiger partial charge in [-0.2, -0.15) is 0 Å². The van der Waals surface area contributed by atoms with Crippen molar-refractivity contribution in [2.24, 2.45) is 0 Å². The van der Waals surface area contributed by atoms with E-state index in [0.29, 0.717) is 12.8 Å². The quantitative estimate of drug-likeness (QED) is 0.429. The van der Waals surface area contributed by atoms with Crippen molar-refractivity contribution in [3.63, 3.8) is 0 Å². The van der Waals surface area contributed by atoms with Crippen molar-refractivity contribution in [3.05, 3.63) is 0 Å². The lowest BCUT2D eigenvalue weighted by Gasteiger charge is -1.98. The molecule has 0 aliphatic carbocycles. The molecule has 0 radical (unpaired) electrons. The summed E-state index contributed by atoms with van der Waals surface area (Å²) in [5, 5.41) is 0. The minimum atomic E-state index is 0.101. The van der Waals surface area contributed by atoms with E-state index in [1.807, 2.05) is 6.92 Å². The normalized spacial score (nSPS) is 10.0. The first-order valence-electron chi connectivity index (χ1n) is 5.24. The molecule has 0 aliphatic rings. The molecule has 13 heavy (non-hydrogen) atoms. The number of carbonyl (C=O) groups is 2. The third-order valence-electron chi connectivity index (χ3n) is 1.98. The topological polar surface area (TPSA) is 34.1 Å². The molecular weight excluding hydrogens is 164 g/mol. The maximum Gasteiger partial charge on any atom is 0.140 e. The van der Waals surface area contributed by atoms with Gasteiger partial charge < -0.3 is 0 Å². The molecule has 0 saturated carbocycles. The molecule has 0 aliphatic heterocycles. The maximum absolute atomic E-state index is 11.2. The third-order valence-corrected chi connectivity index (χ3v) is 1.98. The van der Waals surface area contributed by atoms with Gasteiger partial charge in [0, 0.05) is 12.8 Å². The van der Waals surface area contributed by atoms with E-state index in [0.717, 1.165) is 25.7 Å². The van der Waals surface area contributed by atoms with Gasteiger partial charge in [0.1, 0.15) is 11.6 Å². The van der Waals surface area contributed by atoms with Crippen LogP contribution in [0.3, 0.4) is 0 Å². The van der Waals surface area contributed by atoms with Gasteiger partial charge in [-0.25, -0.2) is 0 Å².